The van der Waals surface area contributed by atoms with Gasteiger partial charge in [-0.15, -0.1) is 0 Å². The number of hydrogen-bond acceptors (Lipinski definition) is 5. The number of ether oxygens (including phenoxy) is 3. The molecule has 6 nitrogen and oxygen atoms in total. The average Bonchev–Trinajstić information content (AvgIpc) is 2.47. The van der Waals surface area contributed by atoms with Gasteiger partial charge < -0.3 is 19.9 Å². The maximum absolute atomic E-state index is 7.51. The molecule has 6 heteroatoms. The van der Waals surface area contributed by atoms with Crippen LogP contribution in [0.3, 0.4) is 0 Å². The Morgan fingerprint density at radius 2 is 1.65 bits per heavy atom. The Labute approximate surface area is 116 Å². The van der Waals surface area contributed by atoms with E-state index in [0.717, 1.165) is 0 Å². The van der Waals surface area contributed by atoms with Crippen LogP contribution in [0.25, 0.3) is 0 Å². The molecule has 0 saturated heterocycles. The second-order valence-electron chi connectivity index (χ2n) is 3.86. The number of hydrogen-bond donors (Lipinski definition) is 2. The Bertz CT molecular complexity index is 607. The predicted octanol–water partition coefficient (Wildman–Crippen LogP) is 2.18. The fraction of sp³-hybridized carbons (Fsp3) is 0.143. The van der Waals surface area contributed by atoms with Crippen LogP contribution < -0.4 is 19.9 Å². The van der Waals surface area contributed by atoms with E-state index >= 15 is 0 Å². The number of nitrogens with zero attached hydrogens (tertiary/aromatic N) is 1. The van der Waals surface area contributed by atoms with E-state index < -0.39 is 0 Å². The summed E-state index contributed by atoms with van der Waals surface area (Å²) >= 11 is 0. The first-order valence-electron chi connectivity index (χ1n) is 5.85. The third-order valence-electron chi connectivity index (χ3n) is 2.62. The normalized spacial score (nSPS) is 9.90. The summed E-state index contributed by atoms with van der Waals surface area (Å²) in [5, 5.41) is 7.51. The molecule has 0 atom stereocenters. The molecule has 0 bridgehead atoms. The van der Waals surface area contributed by atoms with E-state index in [9.17, 15) is 0 Å². The molecule has 20 heavy (non-hydrogen) atoms. The van der Waals surface area contributed by atoms with Gasteiger partial charge >= 0.3 is 0 Å². The molecule has 1 heterocycles. The maximum Gasteiger partial charge on any atom is 0.211 e. The molecule has 0 unspecified atom stereocenters. The molecule has 0 radical (unpaired) electrons. The Kier molecular flexibility index (Phi) is 4.05. The summed E-state index contributed by atoms with van der Waals surface area (Å²) in [5.74, 6) is 1.63. The lowest BCUT2D eigenvalue weighted by Gasteiger charge is -2.15. The van der Waals surface area contributed by atoms with Crippen LogP contribution in [0.4, 0.5) is 0 Å². The molecule has 2 rings (SSSR count). The zero-order valence-corrected chi connectivity index (χ0v) is 11.2. The molecule has 0 aliphatic carbocycles. The number of nitrogen functional groups attached to an aromatic ring is 1. The van der Waals surface area contributed by atoms with E-state index in [4.69, 9.17) is 25.4 Å². The minimum atomic E-state index is -0.172. The third-order valence-corrected chi connectivity index (χ3v) is 2.62. The van der Waals surface area contributed by atoms with Crippen molar-refractivity contribution in [1.82, 2.24) is 4.98 Å². The number of pyridine rings is 1. The number of rotatable bonds is 5. The van der Waals surface area contributed by atoms with E-state index in [1.54, 1.807) is 36.5 Å². The topological polar surface area (TPSA) is 90.5 Å². The molecule has 2 aromatic rings. The highest BCUT2D eigenvalue weighted by molar-refractivity contribution is 5.95. The smallest absolute Gasteiger partial charge is 0.211 e. The molecule has 0 amide bonds. The van der Waals surface area contributed by atoms with Crippen molar-refractivity contribution >= 4 is 5.84 Å². The van der Waals surface area contributed by atoms with Crippen molar-refractivity contribution in [3.05, 3.63) is 42.2 Å². The lowest BCUT2D eigenvalue weighted by molar-refractivity contribution is 0.345. The molecule has 1 aromatic carbocycles. The van der Waals surface area contributed by atoms with Crippen LogP contribution in [0.15, 0.2) is 36.5 Å². The van der Waals surface area contributed by atoms with Gasteiger partial charge in [-0.25, -0.2) is 4.98 Å². The molecule has 0 aliphatic heterocycles. The summed E-state index contributed by atoms with van der Waals surface area (Å²) in [7, 11) is 3.08. The summed E-state index contributed by atoms with van der Waals surface area (Å²) in [5.41, 5.74) is 5.75. The van der Waals surface area contributed by atoms with Crippen LogP contribution in [-0.4, -0.2) is 25.0 Å². The molecule has 1 aromatic heterocycles. The first-order chi connectivity index (χ1) is 9.67. The maximum atomic E-state index is 7.51. The fourth-order valence-corrected chi connectivity index (χ4v) is 1.70. The highest BCUT2D eigenvalue weighted by atomic mass is 16.5. The highest BCUT2D eigenvalue weighted by Gasteiger charge is 2.15. The predicted molar refractivity (Wildman–Crippen MR) is 74.9 cm³/mol. The molecular formula is C14H15N3O3. The van der Waals surface area contributed by atoms with Crippen molar-refractivity contribution in [1.29, 1.82) is 5.41 Å². The van der Waals surface area contributed by atoms with Gasteiger partial charge in [-0.2, -0.15) is 0 Å². The van der Waals surface area contributed by atoms with Crippen LogP contribution >= 0.6 is 0 Å². The van der Waals surface area contributed by atoms with Crippen molar-refractivity contribution in [3.63, 3.8) is 0 Å². The fourth-order valence-electron chi connectivity index (χ4n) is 1.70. The number of benzene rings is 1. The molecule has 104 valence electrons. The Morgan fingerprint density at radius 1 is 1.05 bits per heavy atom. The largest absolute Gasteiger partial charge is 0.493 e. The average molecular weight is 273 g/mol. The standard InChI is InChI=1S/C14H15N3O3/c1-18-10-5-3-6-11(19-2)13(10)20-9-7-4-8-17-12(9)14(15)16/h3-8H,1-2H3,(H3,15,16). The number of amidine groups is 1. The summed E-state index contributed by atoms with van der Waals surface area (Å²) in [6, 6.07) is 8.67. The lowest BCUT2D eigenvalue weighted by Crippen LogP contribution is -2.14. The number of methoxy groups -OCH3 is 2. The van der Waals surface area contributed by atoms with Gasteiger partial charge in [-0.1, -0.05) is 6.07 Å². The number of nitrogens with one attached hydrogen (secondary N) is 1. The number of nitrogens with two attached hydrogens (primary N) is 1. The van der Waals surface area contributed by atoms with E-state index in [0.29, 0.717) is 23.0 Å². The van der Waals surface area contributed by atoms with Crippen molar-refractivity contribution in [2.75, 3.05) is 14.2 Å². The first-order valence-corrected chi connectivity index (χ1v) is 5.85. The monoisotopic (exact) mass is 273 g/mol. The molecule has 0 fully saturated rings. The first kappa shape index (κ1) is 13.7. The van der Waals surface area contributed by atoms with Gasteiger partial charge in [-0.05, 0) is 24.3 Å². The third kappa shape index (κ3) is 2.64. The summed E-state index contributed by atoms with van der Waals surface area (Å²) < 4.78 is 16.3. The minimum absolute atomic E-state index is 0.172. The van der Waals surface area contributed by atoms with Crippen LogP contribution in [0, 0.1) is 5.41 Å². The van der Waals surface area contributed by atoms with Crippen LogP contribution in [0.1, 0.15) is 5.69 Å². The SMILES string of the molecule is COc1cccc(OC)c1Oc1cccnc1C(=N)N. The van der Waals surface area contributed by atoms with Crippen LogP contribution in [0.5, 0.6) is 23.0 Å². The molecule has 3 N–H and O–H groups in total. The van der Waals surface area contributed by atoms with E-state index in [-0.39, 0.29) is 11.5 Å². The summed E-state index contributed by atoms with van der Waals surface area (Å²) in [6.07, 6.45) is 1.54. The van der Waals surface area contributed by atoms with E-state index in [1.165, 1.54) is 14.2 Å². The van der Waals surface area contributed by atoms with Crippen molar-refractivity contribution in [2.24, 2.45) is 5.73 Å². The molecule has 0 saturated carbocycles. The van der Waals surface area contributed by atoms with Crippen molar-refractivity contribution in [3.8, 4) is 23.0 Å². The van der Waals surface area contributed by atoms with Gasteiger partial charge in [0, 0.05) is 6.20 Å². The van der Waals surface area contributed by atoms with E-state index in [1.807, 2.05) is 0 Å². The molecule has 0 spiro atoms. The lowest BCUT2D eigenvalue weighted by atomic mass is 10.2. The van der Waals surface area contributed by atoms with Crippen LogP contribution in [0.2, 0.25) is 0 Å². The summed E-state index contributed by atoms with van der Waals surface area (Å²) in [4.78, 5) is 4.03. The molecule has 0 aliphatic rings. The van der Waals surface area contributed by atoms with E-state index in [2.05, 4.69) is 4.98 Å². The Morgan fingerprint density at radius 3 is 2.20 bits per heavy atom. The van der Waals surface area contributed by atoms with Gasteiger partial charge in [0.05, 0.1) is 14.2 Å². The highest BCUT2D eigenvalue weighted by Crippen LogP contribution is 2.40. The Hall–Kier alpha value is -2.76. The number of para-hydroxylation sites is 1. The summed E-state index contributed by atoms with van der Waals surface area (Å²) in [6.45, 7) is 0. The van der Waals surface area contributed by atoms with Gasteiger partial charge in [0.15, 0.2) is 17.2 Å². The second kappa shape index (κ2) is 5.92. The Balaban J connectivity index is 2.47. The van der Waals surface area contributed by atoms with Gasteiger partial charge in [0.1, 0.15) is 11.5 Å². The quantitative estimate of drug-likeness (QED) is 0.643. The van der Waals surface area contributed by atoms with Gasteiger partial charge in [-0.3, -0.25) is 5.41 Å². The van der Waals surface area contributed by atoms with Crippen LogP contribution in [-0.2, 0) is 0 Å². The zero-order valence-electron chi connectivity index (χ0n) is 11.2. The van der Waals surface area contributed by atoms with Crippen molar-refractivity contribution < 1.29 is 14.2 Å². The number of aromatic nitrogens is 1. The second-order valence-corrected chi connectivity index (χ2v) is 3.86. The minimum Gasteiger partial charge on any atom is -0.493 e. The zero-order chi connectivity index (χ0) is 14.5. The van der Waals surface area contributed by atoms with Gasteiger partial charge in [0.2, 0.25) is 5.75 Å². The molecular weight excluding hydrogens is 258 g/mol. The van der Waals surface area contributed by atoms with Crippen molar-refractivity contribution in [2.45, 2.75) is 0 Å². The van der Waals surface area contributed by atoms with Gasteiger partial charge in [0.25, 0.3) is 0 Å².